The van der Waals surface area contributed by atoms with Crippen LogP contribution in [-0.2, 0) is 4.79 Å². The molecule has 0 radical (unpaired) electrons. The van der Waals surface area contributed by atoms with Crippen molar-refractivity contribution in [3.05, 3.63) is 29.8 Å². The van der Waals surface area contributed by atoms with E-state index in [1.165, 1.54) is 0 Å². The molecule has 0 aliphatic heterocycles. The van der Waals surface area contributed by atoms with Crippen LogP contribution in [0.1, 0.15) is 46.2 Å². The molecule has 0 fully saturated rings. The summed E-state index contributed by atoms with van der Waals surface area (Å²) < 4.78 is 5.61. The first-order valence-corrected chi connectivity index (χ1v) is 7.13. The molecule has 0 aromatic heterocycles. The van der Waals surface area contributed by atoms with Crippen molar-refractivity contribution in [2.75, 3.05) is 0 Å². The van der Waals surface area contributed by atoms with E-state index >= 15 is 0 Å². The highest BCUT2D eigenvalue weighted by Gasteiger charge is 2.21. The van der Waals surface area contributed by atoms with Crippen molar-refractivity contribution in [3.8, 4) is 5.75 Å². The van der Waals surface area contributed by atoms with Gasteiger partial charge in [0.2, 0.25) is 5.91 Å². The van der Waals surface area contributed by atoms with Crippen molar-refractivity contribution in [2.24, 2.45) is 11.7 Å². The maximum Gasteiger partial charge on any atom is 0.234 e. The average molecular weight is 278 g/mol. The van der Waals surface area contributed by atoms with E-state index in [9.17, 15) is 4.79 Å². The van der Waals surface area contributed by atoms with Crippen LogP contribution in [0.3, 0.4) is 0 Å². The third-order valence-corrected chi connectivity index (χ3v) is 3.15. The van der Waals surface area contributed by atoms with Gasteiger partial charge in [-0.25, -0.2) is 0 Å². The molecule has 0 heterocycles. The molecule has 1 rings (SSSR count). The number of hydrogen-bond acceptors (Lipinski definition) is 3. The molecule has 4 heteroatoms. The first-order valence-electron chi connectivity index (χ1n) is 7.13. The Morgan fingerprint density at radius 2 is 1.65 bits per heavy atom. The molecule has 0 bridgehead atoms. The molecule has 4 nitrogen and oxygen atoms in total. The second-order valence-corrected chi connectivity index (χ2v) is 5.75. The number of amides is 1. The lowest BCUT2D eigenvalue weighted by molar-refractivity contribution is -0.121. The molecule has 2 atom stereocenters. The zero-order valence-corrected chi connectivity index (χ0v) is 13.0. The Balaban J connectivity index is 2.72. The second kappa shape index (κ2) is 7.29. The molecular formula is C16H26N2O2. The summed E-state index contributed by atoms with van der Waals surface area (Å²) >= 11 is 0. The van der Waals surface area contributed by atoms with Gasteiger partial charge in [0.05, 0.1) is 12.1 Å². The number of ether oxygens (including phenoxy) is 1. The molecule has 20 heavy (non-hydrogen) atoms. The van der Waals surface area contributed by atoms with Crippen LogP contribution in [0.2, 0.25) is 0 Å². The van der Waals surface area contributed by atoms with Crippen molar-refractivity contribution in [3.63, 3.8) is 0 Å². The van der Waals surface area contributed by atoms with Crippen molar-refractivity contribution in [1.82, 2.24) is 5.32 Å². The number of carbonyl (C=O) groups excluding carboxylic acids is 1. The standard InChI is InChI=1S/C16H26N2O2/c1-10(2)15(16(17)19)18-12(5)13-6-8-14(9-7-13)20-11(3)4/h6-12,15,18H,1-5H3,(H2,17,19). The molecule has 1 aromatic carbocycles. The van der Waals surface area contributed by atoms with Crippen LogP contribution < -0.4 is 15.8 Å². The van der Waals surface area contributed by atoms with Crippen LogP contribution in [0.4, 0.5) is 0 Å². The normalized spacial score (nSPS) is 14.3. The summed E-state index contributed by atoms with van der Waals surface area (Å²) in [5.74, 6) is 0.705. The van der Waals surface area contributed by atoms with Gasteiger partial charge in [0.25, 0.3) is 0 Å². The van der Waals surface area contributed by atoms with Crippen LogP contribution in [0, 0.1) is 5.92 Å². The maximum absolute atomic E-state index is 11.4. The minimum absolute atomic E-state index is 0.0583. The number of primary amides is 1. The van der Waals surface area contributed by atoms with E-state index in [1.807, 2.05) is 58.9 Å². The third-order valence-electron chi connectivity index (χ3n) is 3.15. The first kappa shape index (κ1) is 16.5. The van der Waals surface area contributed by atoms with Crippen LogP contribution in [0.15, 0.2) is 24.3 Å². The van der Waals surface area contributed by atoms with E-state index in [0.717, 1.165) is 11.3 Å². The Bertz CT molecular complexity index is 427. The quantitative estimate of drug-likeness (QED) is 0.806. The Morgan fingerprint density at radius 3 is 2.05 bits per heavy atom. The van der Waals surface area contributed by atoms with Crippen LogP contribution in [-0.4, -0.2) is 18.1 Å². The van der Waals surface area contributed by atoms with Gasteiger partial charge in [0.1, 0.15) is 5.75 Å². The van der Waals surface area contributed by atoms with E-state index in [-0.39, 0.29) is 30.0 Å². The Hall–Kier alpha value is -1.55. The predicted octanol–water partition coefficient (Wildman–Crippen LogP) is 2.63. The number of rotatable bonds is 7. The molecule has 1 amide bonds. The summed E-state index contributed by atoms with van der Waals surface area (Å²) in [5.41, 5.74) is 6.53. The summed E-state index contributed by atoms with van der Waals surface area (Å²) in [6.07, 6.45) is 0.164. The van der Waals surface area contributed by atoms with Gasteiger partial charge in [-0.2, -0.15) is 0 Å². The van der Waals surface area contributed by atoms with Gasteiger partial charge >= 0.3 is 0 Å². The molecule has 0 aliphatic carbocycles. The molecule has 3 N–H and O–H groups in total. The predicted molar refractivity (Wildman–Crippen MR) is 81.6 cm³/mol. The number of nitrogens with two attached hydrogens (primary N) is 1. The van der Waals surface area contributed by atoms with E-state index < -0.39 is 0 Å². The smallest absolute Gasteiger partial charge is 0.234 e. The van der Waals surface area contributed by atoms with Crippen LogP contribution in [0.5, 0.6) is 5.75 Å². The Morgan fingerprint density at radius 1 is 1.10 bits per heavy atom. The summed E-state index contributed by atoms with van der Waals surface area (Å²) in [7, 11) is 0. The lowest BCUT2D eigenvalue weighted by atomic mass is 10.0. The molecule has 0 spiro atoms. The van der Waals surface area contributed by atoms with Gasteiger partial charge in [-0.05, 0) is 44.4 Å². The van der Waals surface area contributed by atoms with E-state index in [1.54, 1.807) is 0 Å². The molecule has 0 aliphatic rings. The van der Waals surface area contributed by atoms with Gasteiger partial charge in [-0.3, -0.25) is 10.1 Å². The first-order chi connectivity index (χ1) is 9.31. The zero-order chi connectivity index (χ0) is 15.3. The van der Waals surface area contributed by atoms with Crippen LogP contribution in [0.25, 0.3) is 0 Å². The fraction of sp³-hybridized carbons (Fsp3) is 0.562. The fourth-order valence-corrected chi connectivity index (χ4v) is 2.08. The topological polar surface area (TPSA) is 64.3 Å². The van der Waals surface area contributed by atoms with Crippen molar-refractivity contribution < 1.29 is 9.53 Å². The monoisotopic (exact) mass is 278 g/mol. The minimum Gasteiger partial charge on any atom is -0.491 e. The van der Waals surface area contributed by atoms with Crippen LogP contribution >= 0.6 is 0 Å². The minimum atomic E-state index is -0.323. The highest BCUT2D eigenvalue weighted by atomic mass is 16.5. The van der Waals surface area contributed by atoms with Gasteiger partial charge in [-0.15, -0.1) is 0 Å². The summed E-state index contributed by atoms with van der Waals surface area (Å²) in [6.45, 7) is 9.98. The van der Waals surface area contributed by atoms with Crippen molar-refractivity contribution in [2.45, 2.75) is 52.8 Å². The van der Waals surface area contributed by atoms with Gasteiger partial charge in [-0.1, -0.05) is 26.0 Å². The highest BCUT2D eigenvalue weighted by molar-refractivity contribution is 5.80. The Labute approximate surface area is 121 Å². The van der Waals surface area contributed by atoms with Crippen molar-refractivity contribution in [1.29, 1.82) is 0 Å². The lowest BCUT2D eigenvalue weighted by Gasteiger charge is -2.24. The molecule has 0 saturated heterocycles. The molecular weight excluding hydrogens is 252 g/mol. The van der Waals surface area contributed by atoms with Gasteiger partial charge < -0.3 is 10.5 Å². The Kier molecular flexibility index (Phi) is 6.02. The maximum atomic E-state index is 11.4. The van der Waals surface area contributed by atoms with Gasteiger partial charge in [0, 0.05) is 6.04 Å². The molecule has 2 unspecified atom stereocenters. The fourth-order valence-electron chi connectivity index (χ4n) is 2.08. The number of hydrogen-bond donors (Lipinski definition) is 2. The lowest BCUT2D eigenvalue weighted by Crippen LogP contribution is -2.45. The second-order valence-electron chi connectivity index (χ2n) is 5.75. The molecule has 112 valence electrons. The SMILES string of the molecule is CC(C)Oc1ccc(C(C)NC(C(N)=O)C(C)C)cc1. The van der Waals surface area contributed by atoms with E-state index in [2.05, 4.69) is 5.32 Å². The number of benzene rings is 1. The zero-order valence-electron chi connectivity index (χ0n) is 13.0. The average Bonchev–Trinajstić information content (AvgIpc) is 2.35. The summed E-state index contributed by atoms with van der Waals surface area (Å²) in [5, 5.41) is 3.28. The number of carbonyl (C=O) groups is 1. The highest BCUT2D eigenvalue weighted by Crippen LogP contribution is 2.19. The third kappa shape index (κ3) is 4.85. The van der Waals surface area contributed by atoms with E-state index in [4.69, 9.17) is 10.5 Å². The molecule has 1 aromatic rings. The summed E-state index contributed by atoms with van der Waals surface area (Å²) in [4.78, 5) is 11.4. The van der Waals surface area contributed by atoms with Crippen molar-refractivity contribution >= 4 is 5.91 Å². The summed E-state index contributed by atoms with van der Waals surface area (Å²) in [6, 6.07) is 7.64. The number of nitrogens with one attached hydrogen (secondary N) is 1. The van der Waals surface area contributed by atoms with Gasteiger partial charge in [0.15, 0.2) is 0 Å². The molecule has 0 saturated carbocycles. The van der Waals surface area contributed by atoms with E-state index in [0.29, 0.717) is 0 Å². The largest absolute Gasteiger partial charge is 0.491 e.